The van der Waals surface area contributed by atoms with Crippen LogP contribution in [0.5, 0.6) is 0 Å². The standard InChI is InChI=1S/C21H21ClN6S/c22-15-4-1-3-14(12-15)20-26-17-5-2-10-29-19(17)21(27-20)25-16-8-6-13(7-9-16)11-18(23)28-24/h1,3-4,6-9,12H,2,5,10-11,24H2,(H2,23,28)(H,25,26,27). The summed E-state index contributed by atoms with van der Waals surface area (Å²) in [4.78, 5) is 10.7. The molecule has 6 nitrogen and oxygen atoms in total. The van der Waals surface area contributed by atoms with E-state index in [9.17, 15) is 0 Å². The molecule has 29 heavy (non-hydrogen) atoms. The Balaban J connectivity index is 1.66. The molecule has 0 atom stereocenters. The van der Waals surface area contributed by atoms with Crippen molar-refractivity contribution in [1.82, 2.24) is 9.97 Å². The topological polar surface area (TPSA) is 102 Å². The summed E-state index contributed by atoms with van der Waals surface area (Å²) in [6.45, 7) is 0. The third-order valence-electron chi connectivity index (χ3n) is 4.59. The number of nitrogens with one attached hydrogen (secondary N) is 1. The van der Waals surface area contributed by atoms with Crippen molar-refractivity contribution < 1.29 is 0 Å². The van der Waals surface area contributed by atoms with E-state index in [1.807, 2.05) is 48.5 Å². The number of anilines is 2. The van der Waals surface area contributed by atoms with Crippen LogP contribution in [-0.4, -0.2) is 21.6 Å². The van der Waals surface area contributed by atoms with Crippen molar-refractivity contribution in [3.05, 3.63) is 64.8 Å². The Morgan fingerprint density at radius 3 is 2.76 bits per heavy atom. The highest BCUT2D eigenvalue weighted by molar-refractivity contribution is 7.99. The molecule has 0 radical (unpaired) electrons. The third kappa shape index (κ3) is 4.63. The van der Waals surface area contributed by atoms with E-state index in [-0.39, 0.29) is 0 Å². The molecule has 2 heterocycles. The Hall–Kier alpha value is -2.77. The number of amidine groups is 1. The fourth-order valence-corrected chi connectivity index (χ4v) is 4.40. The van der Waals surface area contributed by atoms with Gasteiger partial charge in [0.2, 0.25) is 0 Å². The summed E-state index contributed by atoms with van der Waals surface area (Å²) in [5.41, 5.74) is 9.68. The van der Waals surface area contributed by atoms with E-state index < -0.39 is 0 Å². The minimum absolute atomic E-state index is 0.401. The Labute approximate surface area is 178 Å². The summed E-state index contributed by atoms with van der Waals surface area (Å²) in [5.74, 6) is 8.19. The number of nitrogens with two attached hydrogens (primary N) is 2. The number of aromatic nitrogens is 2. The maximum Gasteiger partial charge on any atom is 0.161 e. The second-order valence-corrected chi connectivity index (χ2v) is 8.29. The summed E-state index contributed by atoms with van der Waals surface area (Å²) >= 11 is 7.96. The Morgan fingerprint density at radius 1 is 1.17 bits per heavy atom. The molecule has 1 aliphatic heterocycles. The van der Waals surface area contributed by atoms with Gasteiger partial charge in [-0.05, 0) is 48.4 Å². The number of benzene rings is 2. The van der Waals surface area contributed by atoms with Crippen LogP contribution in [0.2, 0.25) is 5.02 Å². The van der Waals surface area contributed by atoms with Crippen molar-refractivity contribution in [3.8, 4) is 11.4 Å². The van der Waals surface area contributed by atoms with Crippen LogP contribution < -0.4 is 16.9 Å². The summed E-state index contributed by atoms with van der Waals surface area (Å²) in [5, 5.41) is 7.65. The molecule has 0 amide bonds. The van der Waals surface area contributed by atoms with Crippen molar-refractivity contribution >= 4 is 40.7 Å². The SMILES string of the molecule is N/N=C(\N)Cc1ccc(Nc2nc(-c3cccc(Cl)c3)nc3c2SCCC3)cc1. The van der Waals surface area contributed by atoms with Crippen LogP contribution in [-0.2, 0) is 12.8 Å². The highest BCUT2D eigenvalue weighted by Crippen LogP contribution is 2.37. The zero-order chi connectivity index (χ0) is 20.2. The van der Waals surface area contributed by atoms with E-state index in [0.29, 0.717) is 23.1 Å². The van der Waals surface area contributed by atoms with Gasteiger partial charge in [0, 0.05) is 22.7 Å². The van der Waals surface area contributed by atoms with Gasteiger partial charge < -0.3 is 16.9 Å². The third-order valence-corrected chi connectivity index (χ3v) is 6.04. The van der Waals surface area contributed by atoms with Gasteiger partial charge in [0.25, 0.3) is 0 Å². The largest absolute Gasteiger partial charge is 0.385 e. The van der Waals surface area contributed by atoms with Crippen molar-refractivity contribution in [2.24, 2.45) is 16.7 Å². The minimum Gasteiger partial charge on any atom is -0.385 e. The fourth-order valence-electron chi connectivity index (χ4n) is 3.17. The van der Waals surface area contributed by atoms with E-state index >= 15 is 0 Å². The average molecular weight is 425 g/mol. The van der Waals surface area contributed by atoms with Crippen molar-refractivity contribution in [3.63, 3.8) is 0 Å². The molecule has 0 unspecified atom stereocenters. The summed E-state index contributed by atoms with van der Waals surface area (Å²) in [6, 6.07) is 15.6. The van der Waals surface area contributed by atoms with Gasteiger partial charge in [0.05, 0.1) is 10.6 Å². The summed E-state index contributed by atoms with van der Waals surface area (Å²) in [7, 11) is 0. The first-order valence-corrected chi connectivity index (χ1v) is 10.7. The first-order chi connectivity index (χ1) is 14.1. The number of halogens is 1. The number of thioether (sulfide) groups is 1. The predicted molar refractivity (Wildman–Crippen MR) is 121 cm³/mol. The number of hydrogen-bond acceptors (Lipinski definition) is 6. The quantitative estimate of drug-likeness (QED) is 0.243. The molecular formula is C21H21ClN6S. The first kappa shape index (κ1) is 19.5. The monoisotopic (exact) mass is 424 g/mol. The van der Waals surface area contributed by atoms with E-state index in [0.717, 1.165) is 51.8 Å². The molecular weight excluding hydrogens is 404 g/mol. The van der Waals surface area contributed by atoms with Gasteiger partial charge in [-0.15, -0.1) is 11.8 Å². The lowest BCUT2D eigenvalue weighted by molar-refractivity contribution is 0.834. The number of rotatable bonds is 5. The molecule has 2 aromatic carbocycles. The van der Waals surface area contributed by atoms with E-state index in [1.54, 1.807) is 11.8 Å². The van der Waals surface area contributed by atoms with Crippen molar-refractivity contribution in [2.75, 3.05) is 11.1 Å². The fraction of sp³-hybridized carbons (Fsp3) is 0.190. The van der Waals surface area contributed by atoms with E-state index in [1.165, 1.54) is 0 Å². The number of fused-ring (bicyclic) bond motifs is 1. The predicted octanol–water partition coefficient (Wildman–Crippen LogP) is 4.35. The normalized spacial score (nSPS) is 13.8. The second kappa shape index (κ2) is 8.71. The molecule has 0 saturated carbocycles. The maximum absolute atomic E-state index is 6.17. The van der Waals surface area contributed by atoms with E-state index in [2.05, 4.69) is 10.4 Å². The van der Waals surface area contributed by atoms with E-state index in [4.69, 9.17) is 33.1 Å². The smallest absolute Gasteiger partial charge is 0.161 e. The van der Waals surface area contributed by atoms with Crippen LogP contribution in [0.25, 0.3) is 11.4 Å². The van der Waals surface area contributed by atoms with Crippen molar-refractivity contribution in [2.45, 2.75) is 24.2 Å². The molecule has 0 bridgehead atoms. The van der Waals surface area contributed by atoms with Crippen LogP contribution in [0, 0.1) is 0 Å². The molecule has 0 fully saturated rings. The van der Waals surface area contributed by atoms with Gasteiger partial charge >= 0.3 is 0 Å². The lowest BCUT2D eigenvalue weighted by atomic mass is 10.1. The molecule has 1 aromatic heterocycles. The van der Waals surface area contributed by atoms with Crippen LogP contribution in [0.3, 0.4) is 0 Å². The van der Waals surface area contributed by atoms with Crippen LogP contribution in [0.4, 0.5) is 11.5 Å². The van der Waals surface area contributed by atoms with Crippen LogP contribution in [0.15, 0.2) is 58.5 Å². The molecule has 4 rings (SSSR count). The Morgan fingerprint density at radius 2 is 2.00 bits per heavy atom. The Bertz CT molecular complexity index is 1050. The lowest BCUT2D eigenvalue weighted by Gasteiger charge is -2.19. The summed E-state index contributed by atoms with van der Waals surface area (Å²) in [6.07, 6.45) is 2.58. The first-order valence-electron chi connectivity index (χ1n) is 9.30. The zero-order valence-corrected chi connectivity index (χ0v) is 17.3. The molecule has 1 aliphatic rings. The minimum atomic E-state index is 0.401. The van der Waals surface area contributed by atoms with Gasteiger partial charge in [-0.1, -0.05) is 35.9 Å². The number of aryl methyl sites for hydroxylation is 1. The molecule has 3 aromatic rings. The average Bonchev–Trinajstić information content (AvgIpc) is 2.75. The lowest BCUT2D eigenvalue weighted by Crippen LogP contribution is -2.16. The van der Waals surface area contributed by atoms with Crippen LogP contribution in [0.1, 0.15) is 17.7 Å². The number of nitrogens with zero attached hydrogens (tertiary/aromatic N) is 3. The van der Waals surface area contributed by atoms with Gasteiger partial charge in [-0.25, -0.2) is 9.97 Å². The highest BCUT2D eigenvalue weighted by atomic mass is 35.5. The highest BCUT2D eigenvalue weighted by Gasteiger charge is 2.19. The van der Waals surface area contributed by atoms with Crippen LogP contribution >= 0.6 is 23.4 Å². The second-order valence-electron chi connectivity index (χ2n) is 6.75. The Kier molecular flexibility index (Phi) is 5.87. The molecule has 8 heteroatoms. The van der Waals surface area contributed by atoms with Gasteiger partial charge in [0.15, 0.2) is 5.82 Å². The molecule has 0 saturated heterocycles. The zero-order valence-electron chi connectivity index (χ0n) is 15.7. The van der Waals surface area contributed by atoms with Crippen molar-refractivity contribution in [1.29, 1.82) is 0 Å². The summed E-state index contributed by atoms with van der Waals surface area (Å²) < 4.78 is 0. The van der Waals surface area contributed by atoms with Gasteiger partial charge in [-0.3, -0.25) is 0 Å². The maximum atomic E-state index is 6.17. The van der Waals surface area contributed by atoms with Gasteiger partial charge in [-0.2, -0.15) is 5.10 Å². The van der Waals surface area contributed by atoms with Gasteiger partial charge in [0.1, 0.15) is 11.7 Å². The molecule has 0 spiro atoms. The molecule has 5 N–H and O–H groups in total. The number of hydrazone groups is 1. The molecule has 148 valence electrons. The number of hydrogen-bond donors (Lipinski definition) is 3. The molecule has 0 aliphatic carbocycles.